The molecule has 0 aliphatic carbocycles. The SMILES string of the molecule is Cc1nc(CNC(=O)Cc2ccccc2CN)no1. The summed E-state index contributed by atoms with van der Waals surface area (Å²) in [5.74, 6) is 0.860. The summed E-state index contributed by atoms with van der Waals surface area (Å²) in [5.41, 5.74) is 7.55. The fourth-order valence-electron chi connectivity index (χ4n) is 1.76. The number of rotatable bonds is 5. The van der Waals surface area contributed by atoms with Gasteiger partial charge in [0.1, 0.15) is 0 Å². The van der Waals surface area contributed by atoms with Crippen molar-refractivity contribution in [3.8, 4) is 0 Å². The Hall–Kier alpha value is -2.21. The molecule has 0 bridgehead atoms. The Morgan fingerprint density at radius 3 is 2.74 bits per heavy atom. The van der Waals surface area contributed by atoms with Gasteiger partial charge in [0.25, 0.3) is 0 Å². The number of nitrogens with two attached hydrogens (primary N) is 1. The molecule has 6 heteroatoms. The van der Waals surface area contributed by atoms with E-state index in [2.05, 4.69) is 15.5 Å². The van der Waals surface area contributed by atoms with E-state index < -0.39 is 0 Å². The smallest absolute Gasteiger partial charge is 0.224 e. The van der Waals surface area contributed by atoms with Gasteiger partial charge in [0.05, 0.1) is 13.0 Å². The van der Waals surface area contributed by atoms with E-state index in [1.165, 1.54) is 0 Å². The fraction of sp³-hybridized carbons (Fsp3) is 0.308. The van der Waals surface area contributed by atoms with Gasteiger partial charge < -0.3 is 15.6 Å². The van der Waals surface area contributed by atoms with Crippen LogP contribution < -0.4 is 11.1 Å². The highest BCUT2D eigenvalue weighted by Crippen LogP contribution is 2.08. The average molecular weight is 260 g/mol. The largest absolute Gasteiger partial charge is 0.348 e. The van der Waals surface area contributed by atoms with E-state index in [0.29, 0.717) is 24.7 Å². The molecule has 0 atom stereocenters. The Kier molecular flexibility index (Phi) is 4.25. The topological polar surface area (TPSA) is 94.0 Å². The predicted molar refractivity (Wildman–Crippen MR) is 68.9 cm³/mol. The van der Waals surface area contributed by atoms with Gasteiger partial charge in [-0.05, 0) is 11.1 Å². The number of nitrogens with one attached hydrogen (secondary N) is 1. The molecule has 1 aromatic heterocycles. The van der Waals surface area contributed by atoms with Crippen molar-refractivity contribution >= 4 is 5.91 Å². The van der Waals surface area contributed by atoms with Crippen LogP contribution in [0.4, 0.5) is 0 Å². The van der Waals surface area contributed by atoms with Crippen LogP contribution in [0.2, 0.25) is 0 Å². The number of nitrogens with zero attached hydrogens (tertiary/aromatic N) is 2. The second-order valence-electron chi connectivity index (χ2n) is 4.16. The molecule has 0 radical (unpaired) electrons. The Morgan fingerprint density at radius 2 is 2.11 bits per heavy atom. The summed E-state index contributed by atoms with van der Waals surface area (Å²) < 4.78 is 4.82. The van der Waals surface area contributed by atoms with E-state index in [1.54, 1.807) is 6.92 Å². The van der Waals surface area contributed by atoms with Crippen molar-refractivity contribution in [1.82, 2.24) is 15.5 Å². The first-order valence-corrected chi connectivity index (χ1v) is 6.02. The molecule has 0 spiro atoms. The van der Waals surface area contributed by atoms with Crippen molar-refractivity contribution in [3.63, 3.8) is 0 Å². The average Bonchev–Trinajstić information content (AvgIpc) is 2.83. The molecular weight excluding hydrogens is 244 g/mol. The second kappa shape index (κ2) is 6.10. The monoisotopic (exact) mass is 260 g/mol. The number of aryl methyl sites for hydroxylation is 1. The third kappa shape index (κ3) is 3.62. The molecule has 1 aromatic carbocycles. The molecule has 19 heavy (non-hydrogen) atoms. The number of carbonyl (C=O) groups is 1. The lowest BCUT2D eigenvalue weighted by Crippen LogP contribution is -2.25. The zero-order valence-electron chi connectivity index (χ0n) is 10.7. The van der Waals surface area contributed by atoms with Gasteiger partial charge in [0.15, 0.2) is 5.82 Å². The number of carbonyl (C=O) groups excluding carboxylic acids is 1. The molecule has 100 valence electrons. The number of hydrogen-bond donors (Lipinski definition) is 2. The van der Waals surface area contributed by atoms with Gasteiger partial charge in [-0.1, -0.05) is 29.4 Å². The minimum absolute atomic E-state index is 0.0941. The zero-order valence-corrected chi connectivity index (χ0v) is 10.7. The van der Waals surface area contributed by atoms with E-state index in [0.717, 1.165) is 11.1 Å². The molecule has 2 aromatic rings. The minimum atomic E-state index is -0.0941. The number of aromatic nitrogens is 2. The summed E-state index contributed by atoms with van der Waals surface area (Å²) in [6.07, 6.45) is 0.296. The van der Waals surface area contributed by atoms with Crippen molar-refractivity contribution < 1.29 is 9.32 Å². The molecule has 6 nitrogen and oxygen atoms in total. The van der Waals surface area contributed by atoms with Crippen LogP contribution in [-0.2, 0) is 24.3 Å². The summed E-state index contributed by atoms with van der Waals surface area (Å²) in [5, 5.41) is 6.45. The highest BCUT2D eigenvalue weighted by atomic mass is 16.5. The van der Waals surface area contributed by atoms with Gasteiger partial charge in [0.2, 0.25) is 11.8 Å². The van der Waals surface area contributed by atoms with Crippen LogP contribution in [0.3, 0.4) is 0 Å². The molecule has 0 saturated carbocycles. The maximum absolute atomic E-state index is 11.8. The lowest BCUT2D eigenvalue weighted by atomic mass is 10.0. The Bertz CT molecular complexity index is 565. The molecule has 0 aliphatic rings. The standard InChI is InChI=1S/C13H16N4O2/c1-9-16-12(17-19-9)8-15-13(18)6-10-4-2-3-5-11(10)7-14/h2-5H,6-8,14H2,1H3,(H,15,18). The molecule has 0 aliphatic heterocycles. The molecule has 1 heterocycles. The van der Waals surface area contributed by atoms with Crippen LogP contribution in [-0.4, -0.2) is 16.0 Å². The number of amides is 1. The van der Waals surface area contributed by atoms with Crippen LogP contribution in [0.1, 0.15) is 22.8 Å². The zero-order chi connectivity index (χ0) is 13.7. The van der Waals surface area contributed by atoms with Crippen LogP contribution in [0.15, 0.2) is 28.8 Å². The molecule has 0 saturated heterocycles. The summed E-state index contributed by atoms with van der Waals surface area (Å²) >= 11 is 0. The summed E-state index contributed by atoms with van der Waals surface area (Å²) in [6.45, 7) is 2.39. The highest BCUT2D eigenvalue weighted by molar-refractivity contribution is 5.78. The van der Waals surface area contributed by atoms with Crippen LogP contribution >= 0.6 is 0 Å². The van der Waals surface area contributed by atoms with Gasteiger partial charge in [-0.2, -0.15) is 4.98 Å². The molecule has 3 N–H and O–H groups in total. The van der Waals surface area contributed by atoms with E-state index in [-0.39, 0.29) is 12.5 Å². The van der Waals surface area contributed by atoms with Crippen molar-refractivity contribution in [3.05, 3.63) is 47.1 Å². The van der Waals surface area contributed by atoms with E-state index >= 15 is 0 Å². The Balaban J connectivity index is 1.90. The molecule has 2 rings (SSSR count). The molecule has 1 amide bonds. The quantitative estimate of drug-likeness (QED) is 0.825. The lowest BCUT2D eigenvalue weighted by Gasteiger charge is -2.07. The lowest BCUT2D eigenvalue weighted by molar-refractivity contribution is -0.120. The van der Waals surface area contributed by atoms with Crippen molar-refractivity contribution in [1.29, 1.82) is 0 Å². The van der Waals surface area contributed by atoms with E-state index in [4.69, 9.17) is 10.3 Å². The van der Waals surface area contributed by atoms with Gasteiger partial charge in [-0.25, -0.2) is 0 Å². The minimum Gasteiger partial charge on any atom is -0.348 e. The van der Waals surface area contributed by atoms with Crippen molar-refractivity contribution in [2.75, 3.05) is 0 Å². The van der Waals surface area contributed by atoms with Crippen LogP contribution in [0, 0.1) is 6.92 Å². The molecular formula is C13H16N4O2. The maximum Gasteiger partial charge on any atom is 0.224 e. The summed E-state index contributed by atoms with van der Waals surface area (Å²) in [4.78, 5) is 15.8. The third-order valence-corrected chi connectivity index (χ3v) is 2.70. The first-order valence-electron chi connectivity index (χ1n) is 6.02. The van der Waals surface area contributed by atoms with Gasteiger partial charge in [-0.3, -0.25) is 4.79 Å². The molecule has 0 unspecified atom stereocenters. The second-order valence-corrected chi connectivity index (χ2v) is 4.16. The maximum atomic E-state index is 11.8. The summed E-state index contributed by atoms with van der Waals surface area (Å²) in [7, 11) is 0. The van der Waals surface area contributed by atoms with Crippen LogP contribution in [0.5, 0.6) is 0 Å². The first kappa shape index (κ1) is 13.2. The van der Waals surface area contributed by atoms with Gasteiger partial charge in [-0.15, -0.1) is 0 Å². The normalized spacial score (nSPS) is 10.4. The van der Waals surface area contributed by atoms with Gasteiger partial charge >= 0.3 is 0 Å². The van der Waals surface area contributed by atoms with Crippen molar-refractivity contribution in [2.24, 2.45) is 5.73 Å². The Labute approximate surface area is 111 Å². The van der Waals surface area contributed by atoms with Crippen molar-refractivity contribution in [2.45, 2.75) is 26.4 Å². The van der Waals surface area contributed by atoms with E-state index in [1.807, 2.05) is 24.3 Å². The third-order valence-electron chi connectivity index (χ3n) is 2.70. The van der Waals surface area contributed by atoms with E-state index in [9.17, 15) is 4.79 Å². The van der Waals surface area contributed by atoms with Crippen LogP contribution in [0.25, 0.3) is 0 Å². The molecule has 0 fully saturated rings. The Morgan fingerprint density at radius 1 is 1.37 bits per heavy atom. The highest BCUT2D eigenvalue weighted by Gasteiger charge is 2.08. The predicted octanol–water partition coefficient (Wildman–Crippen LogP) is 0.696. The van der Waals surface area contributed by atoms with Gasteiger partial charge in [0, 0.05) is 13.5 Å². The fourth-order valence-corrected chi connectivity index (χ4v) is 1.76. The first-order chi connectivity index (χ1) is 9.19. The number of hydrogen-bond acceptors (Lipinski definition) is 5. The number of benzene rings is 1. The summed E-state index contributed by atoms with van der Waals surface area (Å²) in [6, 6.07) is 7.63.